The molecule has 3 aromatic heterocycles. The number of fused-ring (bicyclic) bond motifs is 1. The van der Waals surface area contributed by atoms with Crippen LogP contribution in [0.15, 0.2) is 61.1 Å². The number of carbonyl (C=O) groups is 1. The van der Waals surface area contributed by atoms with Crippen LogP contribution in [0, 0.1) is 27.7 Å². The fourth-order valence-electron chi connectivity index (χ4n) is 3.87. The molecule has 0 bridgehead atoms. The average Bonchev–Trinajstić information content (AvgIpc) is 3.39. The minimum Gasteiger partial charge on any atom is -0.306 e. The summed E-state index contributed by atoms with van der Waals surface area (Å²) >= 11 is 0. The van der Waals surface area contributed by atoms with E-state index in [0.29, 0.717) is 22.8 Å². The van der Waals surface area contributed by atoms with Gasteiger partial charge in [0.2, 0.25) is 0 Å². The Bertz CT molecular complexity index is 1510. The third kappa shape index (κ3) is 3.65. The van der Waals surface area contributed by atoms with E-state index in [4.69, 9.17) is 0 Å². The second kappa shape index (κ2) is 7.98. The number of anilines is 1. The van der Waals surface area contributed by atoms with Crippen molar-refractivity contribution in [3.63, 3.8) is 0 Å². The maximum absolute atomic E-state index is 12.9. The van der Waals surface area contributed by atoms with Crippen LogP contribution < -0.4 is 5.32 Å². The molecule has 0 saturated heterocycles. The molecule has 0 aliphatic heterocycles. The van der Waals surface area contributed by atoms with Gasteiger partial charge in [0.1, 0.15) is 12.1 Å². The fourth-order valence-corrected chi connectivity index (χ4v) is 3.87. The van der Waals surface area contributed by atoms with Crippen LogP contribution in [0.4, 0.5) is 5.82 Å². The molecule has 1 N–H and O–H groups in total. The molecule has 1 amide bonds. The predicted molar refractivity (Wildman–Crippen MR) is 127 cm³/mol. The SMILES string of the molecule is Cc1cccc(C(=O)Nc2cc(C)nn2-c2ncnc3c2cnn3-c2cccc(C)c2C)c1. The average molecular weight is 438 g/mol. The lowest BCUT2D eigenvalue weighted by molar-refractivity contribution is 0.102. The number of carbonyl (C=O) groups excluding carboxylic acids is 1. The largest absolute Gasteiger partial charge is 0.306 e. The summed E-state index contributed by atoms with van der Waals surface area (Å²) in [5.41, 5.74) is 6.28. The molecule has 5 aromatic rings. The minimum absolute atomic E-state index is 0.212. The van der Waals surface area contributed by atoms with Gasteiger partial charge in [-0.25, -0.2) is 14.6 Å². The molecule has 0 saturated carbocycles. The van der Waals surface area contributed by atoms with Crippen LogP contribution in [0.2, 0.25) is 0 Å². The Kier molecular flexibility index (Phi) is 4.97. The Morgan fingerprint density at radius 1 is 0.939 bits per heavy atom. The van der Waals surface area contributed by atoms with E-state index in [1.54, 1.807) is 16.9 Å². The number of rotatable bonds is 4. The summed E-state index contributed by atoms with van der Waals surface area (Å²) < 4.78 is 3.44. The number of amides is 1. The monoisotopic (exact) mass is 437 g/mol. The van der Waals surface area contributed by atoms with E-state index in [-0.39, 0.29) is 5.91 Å². The van der Waals surface area contributed by atoms with Gasteiger partial charge in [0.15, 0.2) is 11.5 Å². The lowest BCUT2D eigenvalue weighted by atomic mass is 10.1. The van der Waals surface area contributed by atoms with Crippen molar-refractivity contribution in [3.05, 3.63) is 89.0 Å². The fraction of sp³-hybridized carbons (Fsp3) is 0.160. The van der Waals surface area contributed by atoms with E-state index >= 15 is 0 Å². The highest BCUT2D eigenvalue weighted by atomic mass is 16.1. The highest BCUT2D eigenvalue weighted by Crippen LogP contribution is 2.26. The van der Waals surface area contributed by atoms with Crippen molar-refractivity contribution < 1.29 is 4.79 Å². The van der Waals surface area contributed by atoms with Gasteiger partial charge in [0, 0.05) is 11.6 Å². The van der Waals surface area contributed by atoms with Crippen LogP contribution in [0.3, 0.4) is 0 Å². The van der Waals surface area contributed by atoms with Crippen molar-refractivity contribution in [2.75, 3.05) is 5.32 Å². The normalized spacial score (nSPS) is 11.2. The molecular weight excluding hydrogens is 414 g/mol. The number of benzene rings is 2. The second-order valence-corrected chi connectivity index (χ2v) is 8.12. The Labute approximate surface area is 190 Å². The standard InChI is InChI=1S/C25H23N7O/c1-15-7-5-9-19(11-15)25(33)29-22-12-17(3)30-32(22)24-20-13-28-31(23(20)26-14-27-24)21-10-6-8-16(2)18(21)4/h5-14H,1-4H3,(H,29,33). The first-order valence-corrected chi connectivity index (χ1v) is 10.6. The molecule has 33 heavy (non-hydrogen) atoms. The van der Waals surface area contributed by atoms with Crippen molar-refractivity contribution in [2.45, 2.75) is 27.7 Å². The summed E-state index contributed by atoms with van der Waals surface area (Å²) in [6.45, 7) is 7.96. The summed E-state index contributed by atoms with van der Waals surface area (Å²) in [5.74, 6) is 0.860. The zero-order valence-electron chi connectivity index (χ0n) is 18.9. The van der Waals surface area contributed by atoms with Crippen LogP contribution in [0.1, 0.15) is 32.7 Å². The molecule has 0 spiro atoms. The smallest absolute Gasteiger partial charge is 0.256 e. The molecular formula is C25H23N7O. The minimum atomic E-state index is -0.212. The Morgan fingerprint density at radius 2 is 1.76 bits per heavy atom. The number of nitrogens with zero attached hydrogens (tertiary/aromatic N) is 6. The first-order chi connectivity index (χ1) is 15.9. The van der Waals surface area contributed by atoms with Crippen LogP contribution >= 0.6 is 0 Å². The van der Waals surface area contributed by atoms with E-state index in [1.807, 2.05) is 54.9 Å². The third-order valence-electron chi connectivity index (χ3n) is 5.70. The van der Waals surface area contributed by atoms with Gasteiger partial charge < -0.3 is 5.32 Å². The highest BCUT2D eigenvalue weighted by Gasteiger charge is 2.19. The number of hydrogen-bond donors (Lipinski definition) is 1. The molecule has 5 rings (SSSR count). The summed E-state index contributed by atoms with van der Waals surface area (Å²) in [4.78, 5) is 21.8. The van der Waals surface area contributed by atoms with Gasteiger partial charge in [-0.1, -0.05) is 29.8 Å². The van der Waals surface area contributed by atoms with Crippen LogP contribution in [0.5, 0.6) is 0 Å². The molecule has 0 fully saturated rings. The molecule has 2 aromatic carbocycles. The van der Waals surface area contributed by atoms with Gasteiger partial charge in [-0.3, -0.25) is 4.79 Å². The zero-order valence-corrected chi connectivity index (χ0v) is 18.9. The van der Waals surface area contributed by atoms with Crippen molar-refractivity contribution in [1.82, 2.24) is 29.5 Å². The van der Waals surface area contributed by atoms with E-state index in [0.717, 1.165) is 27.9 Å². The quantitative estimate of drug-likeness (QED) is 0.447. The molecule has 0 unspecified atom stereocenters. The topological polar surface area (TPSA) is 90.5 Å². The van der Waals surface area contributed by atoms with Gasteiger partial charge in [-0.15, -0.1) is 0 Å². The molecule has 3 heterocycles. The van der Waals surface area contributed by atoms with Gasteiger partial charge >= 0.3 is 0 Å². The van der Waals surface area contributed by atoms with E-state index < -0.39 is 0 Å². The Morgan fingerprint density at radius 3 is 2.58 bits per heavy atom. The van der Waals surface area contributed by atoms with Crippen molar-refractivity contribution in [1.29, 1.82) is 0 Å². The molecule has 0 radical (unpaired) electrons. The van der Waals surface area contributed by atoms with Crippen molar-refractivity contribution >= 4 is 22.8 Å². The molecule has 0 atom stereocenters. The molecule has 8 nitrogen and oxygen atoms in total. The Balaban J connectivity index is 1.59. The summed E-state index contributed by atoms with van der Waals surface area (Å²) in [5, 5.41) is 12.9. The molecule has 164 valence electrons. The first kappa shape index (κ1) is 20.6. The van der Waals surface area contributed by atoms with E-state index in [1.165, 1.54) is 11.9 Å². The van der Waals surface area contributed by atoms with Crippen LogP contribution in [0.25, 0.3) is 22.5 Å². The lowest BCUT2D eigenvalue weighted by Gasteiger charge is -2.11. The predicted octanol–water partition coefficient (Wildman–Crippen LogP) is 4.49. The number of hydrogen-bond acceptors (Lipinski definition) is 5. The number of aromatic nitrogens is 6. The summed E-state index contributed by atoms with van der Waals surface area (Å²) in [6, 6.07) is 15.4. The van der Waals surface area contributed by atoms with Crippen molar-refractivity contribution in [2.24, 2.45) is 0 Å². The molecule has 0 aliphatic carbocycles. The van der Waals surface area contributed by atoms with Crippen LogP contribution in [-0.2, 0) is 0 Å². The maximum Gasteiger partial charge on any atom is 0.256 e. The van der Waals surface area contributed by atoms with Crippen molar-refractivity contribution in [3.8, 4) is 11.5 Å². The van der Waals surface area contributed by atoms with Gasteiger partial charge in [-0.2, -0.15) is 14.9 Å². The number of nitrogens with one attached hydrogen (secondary N) is 1. The first-order valence-electron chi connectivity index (χ1n) is 10.6. The lowest BCUT2D eigenvalue weighted by Crippen LogP contribution is -2.16. The maximum atomic E-state index is 12.9. The van der Waals surface area contributed by atoms with Crippen LogP contribution in [-0.4, -0.2) is 35.4 Å². The highest BCUT2D eigenvalue weighted by molar-refractivity contribution is 6.04. The third-order valence-corrected chi connectivity index (χ3v) is 5.70. The molecule has 0 aliphatic rings. The van der Waals surface area contributed by atoms with Gasteiger partial charge in [-0.05, 0) is 57.0 Å². The summed E-state index contributed by atoms with van der Waals surface area (Å²) in [6.07, 6.45) is 3.22. The molecule has 8 heteroatoms. The van der Waals surface area contributed by atoms with Gasteiger partial charge in [0.05, 0.1) is 23.0 Å². The second-order valence-electron chi connectivity index (χ2n) is 8.12. The van der Waals surface area contributed by atoms with Gasteiger partial charge in [0.25, 0.3) is 5.91 Å². The Hall–Kier alpha value is -4.33. The van der Waals surface area contributed by atoms with E-state index in [9.17, 15) is 4.79 Å². The zero-order chi connectivity index (χ0) is 23.1. The van der Waals surface area contributed by atoms with E-state index in [2.05, 4.69) is 45.4 Å². The summed E-state index contributed by atoms with van der Waals surface area (Å²) in [7, 11) is 0. The number of aryl methyl sites for hydroxylation is 3.